The standard InChI is InChI=1S/C14H20N4OS.ClH/c1-10(15)11-5-2-3-7-18(11)9-13-16-14(17-19-13)12-6-4-8-20-12;/h4,6,8,10-11H,2-3,5,7,9,15H2,1H3;1H. The van der Waals surface area contributed by atoms with E-state index in [4.69, 9.17) is 10.3 Å². The second kappa shape index (κ2) is 7.35. The van der Waals surface area contributed by atoms with E-state index in [1.54, 1.807) is 11.3 Å². The Morgan fingerprint density at radius 1 is 1.52 bits per heavy atom. The monoisotopic (exact) mass is 328 g/mol. The van der Waals surface area contributed by atoms with Crippen LogP contribution in [0.5, 0.6) is 0 Å². The molecule has 1 aliphatic rings. The predicted octanol–water partition coefficient (Wildman–Crippen LogP) is 2.92. The summed E-state index contributed by atoms with van der Waals surface area (Å²) in [4.78, 5) is 7.91. The summed E-state index contributed by atoms with van der Waals surface area (Å²) in [5.74, 6) is 1.37. The number of hydrogen-bond donors (Lipinski definition) is 1. The molecule has 0 bridgehead atoms. The van der Waals surface area contributed by atoms with Gasteiger partial charge in [-0.3, -0.25) is 4.90 Å². The molecule has 1 fully saturated rings. The zero-order valence-corrected chi connectivity index (χ0v) is 13.7. The predicted molar refractivity (Wildman–Crippen MR) is 86.6 cm³/mol. The molecule has 5 nitrogen and oxygen atoms in total. The number of nitrogens with zero attached hydrogens (tertiary/aromatic N) is 3. The summed E-state index contributed by atoms with van der Waals surface area (Å²) in [6.07, 6.45) is 3.63. The van der Waals surface area contributed by atoms with E-state index in [-0.39, 0.29) is 18.4 Å². The van der Waals surface area contributed by atoms with Crippen LogP contribution in [0.4, 0.5) is 0 Å². The zero-order chi connectivity index (χ0) is 13.9. The van der Waals surface area contributed by atoms with Crippen molar-refractivity contribution in [2.24, 2.45) is 5.73 Å². The first-order valence-corrected chi connectivity index (χ1v) is 7.98. The van der Waals surface area contributed by atoms with Gasteiger partial charge in [0.15, 0.2) is 0 Å². The Morgan fingerprint density at radius 3 is 3.10 bits per heavy atom. The van der Waals surface area contributed by atoms with E-state index in [2.05, 4.69) is 22.0 Å². The quantitative estimate of drug-likeness (QED) is 0.934. The molecule has 2 atom stereocenters. The van der Waals surface area contributed by atoms with Crippen LogP contribution in [0.15, 0.2) is 22.0 Å². The largest absolute Gasteiger partial charge is 0.338 e. The third-order valence-corrected chi connectivity index (χ3v) is 4.68. The lowest BCUT2D eigenvalue weighted by Gasteiger charge is -2.37. The lowest BCUT2D eigenvalue weighted by Crippen LogP contribution is -2.48. The average molecular weight is 329 g/mol. The summed E-state index contributed by atoms with van der Waals surface area (Å²) in [5, 5.41) is 6.08. The minimum absolute atomic E-state index is 0. The second-order valence-corrected chi connectivity index (χ2v) is 6.33. The molecule has 0 spiro atoms. The average Bonchev–Trinajstić information content (AvgIpc) is 3.09. The fourth-order valence-corrected chi connectivity index (χ4v) is 3.46. The molecular weight excluding hydrogens is 308 g/mol. The van der Waals surface area contributed by atoms with Crippen LogP contribution < -0.4 is 5.73 Å². The van der Waals surface area contributed by atoms with Crippen LogP contribution in [-0.2, 0) is 6.54 Å². The van der Waals surface area contributed by atoms with Gasteiger partial charge >= 0.3 is 0 Å². The normalized spacial score (nSPS) is 21.0. The topological polar surface area (TPSA) is 68.2 Å². The van der Waals surface area contributed by atoms with E-state index in [1.165, 1.54) is 12.8 Å². The molecule has 2 aromatic heterocycles. The molecule has 0 aliphatic carbocycles. The third kappa shape index (κ3) is 3.83. The number of thiophene rings is 1. The van der Waals surface area contributed by atoms with Crippen LogP contribution in [0.2, 0.25) is 0 Å². The summed E-state index contributed by atoms with van der Waals surface area (Å²) in [6.45, 7) is 3.83. The molecule has 1 saturated heterocycles. The SMILES string of the molecule is CC(N)C1CCCCN1Cc1nc(-c2cccs2)no1.Cl. The van der Waals surface area contributed by atoms with Crippen LogP contribution in [0.3, 0.4) is 0 Å². The number of aromatic nitrogens is 2. The minimum atomic E-state index is 0. The smallest absolute Gasteiger partial charge is 0.241 e. The van der Waals surface area contributed by atoms with Crippen molar-refractivity contribution in [3.8, 4) is 10.7 Å². The molecule has 3 heterocycles. The van der Waals surface area contributed by atoms with Gasteiger partial charge in [0, 0.05) is 12.1 Å². The number of rotatable bonds is 4. The van der Waals surface area contributed by atoms with Gasteiger partial charge in [0.2, 0.25) is 11.7 Å². The second-order valence-electron chi connectivity index (χ2n) is 5.38. The van der Waals surface area contributed by atoms with Crippen molar-refractivity contribution in [3.63, 3.8) is 0 Å². The summed E-state index contributed by atoms with van der Waals surface area (Å²) in [5.41, 5.74) is 6.09. The first-order chi connectivity index (χ1) is 9.74. The maximum absolute atomic E-state index is 6.09. The third-order valence-electron chi connectivity index (χ3n) is 3.82. The molecule has 21 heavy (non-hydrogen) atoms. The Balaban J connectivity index is 0.00000161. The van der Waals surface area contributed by atoms with Crippen LogP contribution in [-0.4, -0.2) is 33.7 Å². The first kappa shape index (κ1) is 16.4. The molecular formula is C14H21ClN4OS. The van der Waals surface area contributed by atoms with Crippen molar-refractivity contribution < 1.29 is 4.52 Å². The fourth-order valence-electron chi connectivity index (χ4n) is 2.81. The van der Waals surface area contributed by atoms with Crippen LogP contribution >= 0.6 is 23.7 Å². The summed E-state index contributed by atoms with van der Waals surface area (Å²) < 4.78 is 5.38. The lowest BCUT2D eigenvalue weighted by molar-refractivity contribution is 0.109. The number of nitrogens with two attached hydrogens (primary N) is 1. The van der Waals surface area contributed by atoms with Crippen molar-refractivity contribution >= 4 is 23.7 Å². The Morgan fingerprint density at radius 2 is 2.38 bits per heavy atom. The summed E-state index contributed by atoms with van der Waals surface area (Å²) >= 11 is 1.62. The van der Waals surface area contributed by atoms with Crippen molar-refractivity contribution in [2.45, 2.75) is 44.8 Å². The highest BCUT2D eigenvalue weighted by Crippen LogP contribution is 2.24. The highest BCUT2D eigenvalue weighted by Gasteiger charge is 2.27. The molecule has 7 heteroatoms. The number of likely N-dealkylation sites (tertiary alicyclic amines) is 1. The van der Waals surface area contributed by atoms with Crippen molar-refractivity contribution in [2.75, 3.05) is 6.54 Å². The van der Waals surface area contributed by atoms with E-state index in [0.29, 0.717) is 24.3 Å². The van der Waals surface area contributed by atoms with Gasteiger partial charge < -0.3 is 10.3 Å². The Hall–Kier alpha value is -0.950. The van der Waals surface area contributed by atoms with Crippen LogP contribution in [0.1, 0.15) is 32.1 Å². The molecule has 2 N–H and O–H groups in total. The highest BCUT2D eigenvalue weighted by atomic mass is 35.5. The van der Waals surface area contributed by atoms with Crippen molar-refractivity contribution in [1.29, 1.82) is 0 Å². The molecule has 0 aromatic carbocycles. The Bertz CT molecular complexity index is 543. The maximum atomic E-state index is 6.09. The van der Waals surface area contributed by atoms with Gasteiger partial charge in [0.1, 0.15) is 0 Å². The van der Waals surface area contributed by atoms with Crippen LogP contribution in [0, 0.1) is 0 Å². The molecule has 3 rings (SSSR count). The Labute approximate surface area is 134 Å². The van der Waals surface area contributed by atoms with E-state index in [9.17, 15) is 0 Å². The number of hydrogen-bond acceptors (Lipinski definition) is 6. The van der Waals surface area contributed by atoms with Crippen LogP contribution in [0.25, 0.3) is 10.7 Å². The van der Waals surface area contributed by atoms with Crippen molar-refractivity contribution in [3.05, 3.63) is 23.4 Å². The number of piperidine rings is 1. The van der Waals surface area contributed by atoms with Gasteiger partial charge in [-0.15, -0.1) is 23.7 Å². The van der Waals surface area contributed by atoms with Gasteiger partial charge in [0.25, 0.3) is 0 Å². The fraction of sp³-hybridized carbons (Fsp3) is 0.571. The molecule has 0 saturated carbocycles. The zero-order valence-electron chi connectivity index (χ0n) is 12.1. The lowest BCUT2D eigenvalue weighted by atomic mass is 9.97. The van der Waals surface area contributed by atoms with Crippen molar-refractivity contribution in [1.82, 2.24) is 15.0 Å². The van der Waals surface area contributed by atoms with Gasteiger partial charge in [-0.2, -0.15) is 4.98 Å². The molecule has 0 amide bonds. The number of halogens is 1. The highest BCUT2D eigenvalue weighted by molar-refractivity contribution is 7.13. The molecule has 116 valence electrons. The van der Waals surface area contributed by atoms with Gasteiger partial charge in [-0.05, 0) is 37.8 Å². The van der Waals surface area contributed by atoms with Gasteiger partial charge in [-0.1, -0.05) is 17.6 Å². The Kier molecular flexibility index (Phi) is 5.75. The van der Waals surface area contributed by atoms with Gasteiger partial charge in [-0.25, -0.2) is 0 Å². The van der Waals surface area contributed by atoms with Gasteiger partial charge in [0.05, 0.1) is 11.4 Å². The maximum Gasteiger partial charge on any atom is 0.241 e. The van der Waals surface area contributed by atoms with E-state index in [1.807, 2.05) is 17.5 Å². The minimum Gasteiger partial charge on any atom is -0.338 e. The molecule has 2 aromatic rings. The molecule has 2 unspecified atom stereocenters. The van der Waals surface area contributed by atoms with E-state index in [0.717, 1.165) is 17.8 Å². The molecule has 0 radical (unpaired) electrons. The molecule has 1 aliphatic heterocycles. The van der Waals surface area contributed by atoms with E-state index < -0.39 is 0 Å². The summed E-state index contributed by atoms with van der Waals surface area (Å²) in [7, 11) is 0. The summed E-state index contributed by atoms with van der Waals surface area (Å²) in [6, 6.07) is 4.59. The van der Waals surface area contributed by atoms with E-state index >= 15 is 0 Å². The first-order valence-electron chi connectivity index (χ1n) is 7.10.